The summed E-state index contributed by atoms with van der Waals surface area (Å²) >= 11 is 3.38. The van der Waals surface area contributed by atoms with E-state index < -0.39 is 0 Å². The highest BCUT2D eigenvalue weighted by atomic mass is 79.9. The Morgan fingerprint density at radius 1 is 1.53 bits per heavy atom. The van der Waals surface area contributed by atoms with Crippen molar-refractivity contribution in [2.45, 2.75) is 5.92 Å². The van der Waals surface area contributed by atoms with E-state index in [4.69, 9.17) is 0 Å². The number of pyridine rings is 1. The molecule has 5 heteroatoms. The number of halogens is 1. The Labute approximate surface area is 95.1 Å². The van der Waals surface area contributed by atoms with Crippen LogP contribution in [-0.2, 0) is 0 Å². The first kappa shape index (κ1) is 9.18. The average molecular weight is 268 g/mol. The van der Waals surface area contributed by atoms with E-state index in [1.54, 1.807) is 6.07 Å². The molecule has 1 aliphatic heterocycles. The molecule has 2 aromatic heterocycles. The summed E-state index contributed by atoms with van der Waals surface area (Å²) in [4.78, 5) is 4.45. The molecule has 0 radical (unpaired) electrons. The molecular formula is C10H10BrN3O. The second kappa shape index (κ2) is 3.21. The summed E-state index contributed by atoms with van der Waals surface area (Å²) in [6, 6.07) is 3.50. The summed E-state index contributed by atoms with van der Waals surface area (Å²) < 4.78 is 2.66. The quantitative estimate of drug-likeness (QED) is 0.823. The number of rotatable bonds is 1. The Morgan fingerprint density at radius 3 is 3.00 bits per heavy atom. The molecular weight excluding hydrogens is 258 g/mol. The van der Waals surface area contributed by atoms with Gasteiger partial charge in [0.05, 0.1) is 0 Å². The van der Waals surface area contributed by atoms with Crippen molar-refractivity contribution in [1.29, 1.82) is 0 Å². The lowest BCUT2D eigenvalue weighted by Crippen LogP contribution is -2.40. The van der Waals surface area contributed by atoms with E-state index in [1.165, 1.54) is 0 Å². The molecule has 4 nitrogen and oxygen atoms in total. The maximum atomic E-state index is 9.73. The molecule has 0 spiro atoms. The third kappa shape index (κ3) is 1.27. The molecule has 0 aromatic carbocycles. The Bertz CT molecular complexity index is 519. The minimum absolute atomic E-state index is 0.260. The van der Waals surface area contributed by atoms with Crippen molar-refractivity contribution < 1.29 is 5.11 Å². The SMILES string of the molecule is Oc1cccn2c(C3CNC3)nc(Br)c12. The van der Waals surface area contributed by atoms with Crippen LogP contribution < -0.4 is 5.32 Å². The van der Waals surface area contributed by atoms with Gasteiger partial charge in [-0.05, 0) is 28.1 Å². The molecule has 3 heterocycles. The molecule has 0 atom stereocenters. The van der Waals surface area contributed by atoms with E-state index in [0.29, 0.717) is 10.5 Å². The molecule has 3 rings (SSSR count). The van der Waals surface area contributed by atoms with Gasteiger partial charge in [-0.2, -0.15) is 0 Å². The van der Waals surface area contributed by atoms with Gasteiger partial charge in [0.15, 0.2) is 0 Å². The van der Waals surface area contributed by atoms with Gasteiger partial charge >= 0.3 is 0 Å². The summed E-state index contributed by atoms with van der Waals surface area (Å²) in [6.07, 6.45) is 1.93. The van der Waals surface area contributed by atoms with Crippen LogP contribution in [-0.4, -0.2) is 27.6 Å². The molecule has 78 valence electrons. The van der Waals surface area contributed by atoms with E-state index in [2.05, 4.69) is 26.2 Å². The third-order valence-corrected chi connectivity index (χ3v) is 3.33. The Hall–Kier alpha value is -1.07. The molecule has 1 fully saturated rings. The number of imidazole rings is 1. The summed E-state index contributed by atoms with van der Waals surface area (Å²) in [6.45, 7) is 1.92. The van der Waals surface area contributed by atoms with Gasteiger partial charge in [0, 0.05) is 25.2 Å². The monoisotopic (exact) mass is 267 g/mol. The highest BCUT2D eigenvalue weighted by Crippen LogP contribution is 2.30. The van der Waals surface area contributed by atoms with Gasteiger partial charge in [-0.3, -0.25) is 4.40 Å². The first-order chi connectivity index (χ1) is 7.27. The minimum Gasteiger partial charge on any atom is -0.506 e. The Morgan fingerprint density at radius 2 is 2.33 bits per heavy atom. The molecule has 0 bridgehead atoms. The van der Waals surface area contributed by atoms with E-state index in [-0.39, 0.29) is 5.75 Å². The van der Waals surface area contributed by atoms with Crippen LogP contribution in [0.15, 0.2) is 22.9 Å². The summed E-state index contributed by atoms with van der Waals surface area (Å²) in [5, 5.41) is 12.9. The van der Waals surface area contributed by atoms with E-state index in [1.807, 2.05) is 16.7 Å². The van der Waals surface area contributed by atoms with Crippen molar-refractivity contribution in [1.82, 2.24) is 14.7 Å². The van der Waals surface area contributed by atoms with Gasteiger partial charge in [0.25, 0.3) is 0 Å². The van der Waals surface area contributed by atoms with Crippen LogP contribution in [0.3, 0.4) is 0 Å². The van der Waals surface area contributed by atoms with Crippen LogP contribution >= 0.6 is 15.9 Å². The largest absolute Gasteiger partial charge is 0.506 e. The number of aromatic hydroxyl groups is 1. The number of hydrogen-bond donors (Lipinski definition) is 2. The van der Waals surface area contributed by atoms with Crippen LogP contribution in [0, 0.1) is 0 Å². The highest BCUT2D eigenvalue weighted by molar-refractivity contribution is 9.10. The maximum Gasteiger partial charge on any atom is 0.142 e. The number of hydrogen-bond acceptors (Lipinski definition) is 3. The van der Waals surface area contributed by atoms with Crippen LogP contribution in [0.25, 0.3) is 5.52 Å². The highest BCUT2D eigenvalue weighted by Gasteiger charge is 2.25. The van der Waals surface area contributed by atoms with Gasteiger partial charge in [-0.25, -0.2) is 4.98 Å². The maximum absolute atomic E-state index is 9.73. The van der Waals surface area contributed by atoms with E-state index >= 15 is 0 Å². The summed E-state index contributed by atoms with van der Waals surface area (Å²) in [5.41, 5.74) is 0.749. The smallest absolute Gasteiger partial charge is 0.142 e. The molecule has 0 saturated carbocycles. The van der Waals surface area contributed by atoms with Gasteiger partial charge in [-0.15, -0.1) is 0 Å². The third-order valence-electron chi connectivity index (χ3n) is 2.77. The molecule has 1 aliphatic rings. The van der Waals surface area contributed by atoms with Gasteiger partial charge in [-0.1, -0.05) is 0 Å². The van der Waals surface area contributed by atoms with E-state index in [0.717, 1.165) is 24.4 Å². The van der Waals surface area contributed by atoms with Gasteiger partial charge in [0.1, 0.15) is 21.7 Å². The second-order valence-corrected chi connectivity index (χ2v) is 4.48. The fourth-order valence-electron chi connectivity index (χ4n) is 1.86. The minimum atomic E-state index is 0.260. The van der Waals surface area contributed by atoms with Crippen LogP contribution in [0.1, 0.15) is 11.7 Å². The van der Waals surface area contributed by atoms with Crippen molar-refractivity contribution in [3.63, 3.8) is 0 Å². The van der Waals surface area contributed by atoms with Crippen molar-refractivity contribution >= 4 is 21.4 Å². The fourth-order valence-corrected chi connectivity index (χ4v) is 2.44. The normalized spacial score (nSPS) is 16.9. The lowest BCUT2D eigenvalue weighted by molar-refractivity contribution is 0.428. The standard InChI is InChI=1S/C10H10BrN3O/c11-9-8-7(15)2-1-3-14(8)10(13-9)6-4-12-5-6/h1-3,6,12,15H,4-5H2. The van der Waals surface area contributed by atoms with Crippen molar-refractivity contribution in [3.8, 4) is 5.75 Å². The van der Waals surface area contributed by atoms with Crippen LogP contribution in [0.5, 0.6) is 5.75 Å². The predicted molar refractivity (Wildman–Crippen MR) is 60.2 cm³/mol. The number of fused-ring (bicyclic) bond motifs is 1. The number of nitrogens with zero attached hydrogens (tertiary/aromatic N) is 2. The molecule has 2 N–H and O–H groups in total. The molecule has 15 heavy (non-hydrogen) atoms. The fraction of sp³-hybridized carbons (Fsp3) is 0.300. The van der Waals surface area contributed by atoms with Crippen molar-refractivity contribution in [2.75, 3.05) is 13.1 Å². The lowest BCUT2D eigenvalue weighted by atomic mass is 10.0. The molecule has 1 saturated heterocycles. The van der Waals surface area contributed by atoms with Crippen molar-refractivity contribution in [3.05, 3.63) is 28.8 Å². The Balaban J connectivity index is 2.27. The predicted octanol–water partition coefficient (Wildman–Crippen LogP) is 1.49. The summed E-state index contributed by atoms with van der Waals surface area (Å²) in [5.74, 6) is 1.72. The zero-order valence-electron chi connectivity index (χ0n) is 7.94. The summed E-state index contributed by atoms with van der Waals surface area (Å²) in [7, 11) is 0. The lowest BCUT2D eigenvalue weighted by Gasteiger charge is -2.25. The van der Waals surface area contributed by atoms with Crippen molar-refractivity contribution in [2.24, 2.45) is 0 Å². The molecule has 0 aliphatic carbocycles. The number of aromatic nitrogens is 2. The van der Waals surface area contributed by atoms with E-state index in [9.17, 15) is 5.11 Å². The topological polar surface area (TPSA) is 49.6 Å². The van der Waals surface area contributed by atoms with Gasteiger partial charge in [0.2, 0.25) is 0 Å². The van der Waals surface area contributed by atoms with Gasteiger partial charge < -0.3 is 10.4 Å². The van der Waals surface area contributed by atoms with Crippen LogP contribution in [0.4, 0.5) is 0 Å². The molecule has 2 aromatic rings. The first-order valence-corrected chi connectivity index (χ1v) is 5.63. The molecule has 0 amide bonds. The van der Waals surface area contributed by atoms with Crippen LogP contribution in [0.2, 0.25) is 0 Å². The zero-order chi connectivity index (χ0) is 10.4. The Kier molecular flexibility index (Phi) is 1.97. The zero-order valence-corrected chi connectivity index (χ0v) is 9.53. The number of nitrogens with one attached hydrogen (secondary N) is 1. The first-order valence-electron chi connectivity index (χ1n) is 4.83. The second-order valence-electron chi connectivity index (χ2n) is 3.73. The average Bonchev–Trinajstić information content (AvgIpc) is 2.43. The molecule has 0 unspecified atom stereocenters.